The van der Waals surface area contributed by atoms with Gasteiger partial charge in [0.1, 0.15) is 0 Å². The molecule has 20 aliphatic heterocycles. The van der Waals surface area contributed by atoms with Gasteiger partial charge in [-0.1, -0.05) is 0 Å². The van der Waals surface area contributed by atoms with Crippen molar-refractivity contribution in [2.75, 3.05) is 0 Å². The van der Waals surface area contributed by atoms with Gasteiger partial charge in [-0.3, -0.25) is 0 Å². The molecule has 20 rings (SSSR count). The summed E-state index contributed by atoms with van der Waals surface area (Å²) in [5, 5.41) is 0. The standard InChI is InChI=1S/4C5H5.2Fe.HI/c4*1-2-4-5-3-1;;;/h4*1-5H;;;1H. The van der Waals surface area contributed by atoms with Crippen molar-refractivity contribution < 1.29 is 13.0 Å². The molecule has 0 atom stereocenters. The molecular weight excluding hydrogens is 479 g/mol. The minimum absolute atomic E-state index is 0. The van der Waals surface area contributed by atoms with Crippen molar-refractivity contribution in [2.24, 2.45) is 0 Å². The zero-order valence-corrected chi connectivity index (χ0v) is 17.2. The van der Waals surface area contributed by atoms with E-state index in [1.54, 1.807) is 96.3 Å². The number of hydrogen-bond acceptors (Lipinski definition) is 0. The molecule has 0 aromatic rings. The first-order valence-corrected chi connectivity index (χ1v) is 23.5. The van der Waals surface area contributed by atoms with Crippen molar-refractivity contribution in [2.45, 2.75) is 96.3 Å². The van der Waals surface area contributed by atoms with Crippen LogP contribution in [0.1, 0.15) is 0 Å². The maximum atomic E-state index is 1.59. The Morgan fingerprint density at radius 3 is 0.304 bits per heavy atom. The van der Waals surface area contributed by atoms with E-state index in [0.717, 1.165) is 0 Å². The van der Waals surface area contributed by atoms with Crippen LogP contribution in [0, 0.1) is 0 Å². The van der Waals surface area contributed by atoms with Gasteiger partial charge in [0.25, 0.3) is 0 Å². The Hall–Kier alpha value is 1.77. The molecule has 0 N–H and O–H groups in total. The molecule has 0 radical (unpaired) electrons. The van der Waals surface area contributed by atoms with Crippen LogP contribution >= 0.6 is 24.0 Å². The summed E-state index contributed by atoms with van der Waals surface area (Å²) < 4.78 is 0. The van der Waals surface area contributed by atoms with E-state index in [1.807, 2.05) is 0 Å². The first-order valence-electron chi connectivity index (χ1n) is 10.7. The van der Waals surface area contributed by atoms with Crippen LogP contribution in [0.25, 0.3) is 0 Å². The Balaban J connectivity index is 0.0000000702. The van der Waals surface area contributed by atoms with Crippen molar-refractivity contribution in [1.82, 2.24) is 0 Å². The molecule has 0 aliphatic carbocycles. The fraction of sp³-hybridized carbons (Fsp3) is 1.00. The summed E-state index contributed by atoms with van der Waals surface area (Å²) in [5.41, 5.74) is 0. The maximum absolute atomic E-state index is 2.28. The predicted molar refractivity (Wildman–Crippen MR) is 90.4 cm³/mol. The zero-order valence-electron chi connectivity index (χ0n) is 12.7. The van der Waals surface area contributed by atoms with E-state index in [4.69, 9.17) is 0 Å². The molecule has 0 aromatic heterocycles. The van der Waals surface area contributed by atoms with Gasteiger partial charge in [-0.25, -0.2) is 0 Å². The Labute approximate surface area is 132 Å². The SMILES string of the molecule is I.[CH]12[CH]3[CH]4[CH]5[CH]1[Fe]23451678[CH]2[CH]1[CH]6[CH]7[CH]28.[CH]12[CH]3[CH]4[CH]5[CH]1[Fe]23451678[CH]2[CH]1[CH]6[CH]7[CH]28. The summed E-state index contributed by atoms with van der Waals surface area (Å²) in [5.74, 6) is 0. The summed E-state index contributed by atoms with van der Waals surface area (Å²) in [6.07, 6.45) is 0. The van der Waals surface area contributed by atoms with E-state index < -0.39 is 13.0 Å². The zero-order chi connectivity index (χ0) is 12.2. The Bertz CT molecular complexity index is 1300. The molecule has 0 bridgehead atoms. The molecular formula is C20H21Fe2I. The summed E-state index contributed by atoms with van der Waals surface area (Å²) in [6, 6.07) is 0. The van der Waals surface area contributed by atoms with Gasteiger partial charge in [0.05, 0.1) is 0 Å². The van der Waals surface area contributed by atoms with E-state index >= 15 is 0 Å². The molecule has 0 aromatic carbocycles. The number of fused-ring (bicyclic) bond motifs is 20. The van der Waals surface area contributed by atoms with E-state index in [1.165, 1.54) is 0 Å². The fourth-order valence-corrected chi connectivity index (χ4v) is 176. The van der Waals surface area contributed by atoms with Crippen LogP contribution in [0.2, 0.25) is 96.3 Å². The van der Waals surface area contributed by atoms with Gasteiger partial charge in [-0.2, -0.15) is 0 Å². The molecule has 0 saturated carbocycles. The van der Waals surface area contributed by atoms with Crippen molar-refractivity contribution in [3.05, 3.63) is 0 Å². The fourth-order valence-electron chi connectivity index (χ4n) is 31.6. The van der Waals surface area contributed by atoms with Crippen molar-refractivity contribution >= 4 is 24.0 Å². The first-order chi connectivity index (χ1) is 10.3. The summed E-state index contributed by atoms with van der Waals surface area (Å²) in [6.45, 7) is -4.57. The van der Waals surface area contributed by atoms with Crippen LogP contribution in [-0.4, -0.2) is 0 Å². The normalized spacial score (nSPS) is 163. The van der Waals surface area contributed by atoms with Crippen molar-refractivity contribution in [3.63, 3.8) is 0 Å². The third kappa shape index (κ3) is 0.0698. The van der Waals surface area contributed by atoms with Crippen molar-refractivity contribution in [3.8, 4) is 0 Å². The first kappa shape index (κ1) is 8.02. The van der Waals surface area contributed by atoms with Crippen molar-refractivity contribution in [1.29, 1.82) is 0 Å². The quantitative estimate of drug-likeness (QED) is 0.241. The van der Waals surface area contributed by atoms with E-state index in [0.29, 0.717) is 0 Å². The number of halogens is 1. The van der Waals surface area contributed by atoms with Crippen LogP contribution in [0.5, 0.6) is 0 Å². The Morgan fingerprint density at radius 2 is 0.304 bits per heavy atom. The van der Waals surface area contributed by atoms with Crippen LogP contribution in [0.15, 0.2) is 0 Å². The molecule has 124 valence electrons. The molecule has 20 saturated heterocycles. The molecule has 20 fully saturated rings. The van der Waals surface area contributed by atoms with E-state index in [9.17, 15) is 0 Å². The van der Waals surface area contributed by atoms with Gasteiger partial charge in [0, 0.05) is 0 Å². The van der Waals surface area contributed by atoms with Crippen LogP contribution < -0.4 is 0 Å². The predicted octanol–water partition coefficient (Wildman–Crippen LogP) is 7.37. The molecule has 3 heteroatoms. The molecule has 20 aliphatic rings. The molecule has 0 amide bonds. The monoisotopic (exact) mass is 500 g/mol. The van der Waals surface area contributed by atoms with Gasteiger partial charge in [0.15, 0.2) is 0 Å². The molecule has 0 nitrogen and oxygen atoms in total. The number of rotatable bonds is 0. The van der Waals surface area contributed by atoms with Crippen LogP contribution in [-0.2, 0) is 13.0 Å². The van der Waals surface area contributed by atoms with Crippen LogP contribution in [0.4, 0.5) is 0 Å². The Kier molecular flexibility index (Phi) is 0.187. The third-order valence-electron chi connectivity index (χ3n) is 29.1. The summed E-state index contributed by atoms with van der Waals surface area (Å²) in [7, 11) is 0. The number of hydrogen-bond donors (Lipinski definition) is 0. The minimum atomic E-state index is -2.28. The van der Waals surface area contributed by atoms with Gasteiger partial charge in [-0.05, 0) is 0 Å². The average molecular weight is 500 g/mol. The average Bonchev–Trinajstić information content (AvgIpc) is 3.46. The molecule has 0 unspecified atom stereocenters. The second kappa shape index (κ2) is 0.535. The van der Waals surface area contributed by atoms with Gasteiger partial charge in [-0.15, -0.1) is 24.0 Å². The van der Waals surface area contributed by atoms with E-state index in [2.05, 4.69) is 0 Å². The molecule has 20 heterocycles. The van der Waals surface area contributed by atoms with Gasteiger partial charge in [0.2, 0.25) is 0 Å². The van der Waals surface area contributed by atoms with Gasteiger partial charge >= 0.3 is 109 Å². The second-order valence-corrected chi connectivity index (χ2v) is 67.0. The Morgan fingerprint density at radius 1 is 0.217 bits per heavy atom. The van der Waals surface area contributed by atoms with E-state index in [-0.39, 0.29) is 24.0 Å². The summed E-state index contributed by atoms with van der Waals surface area (Å²) in [4.78, 5) is 31.8. The molecule has 2 spiro atoms. The van der Waals surface area contributed by atoms with Crippen LogP contribution in [0.3, 0.4) is 0 Å². The third-order valence-corrected chi connectivity index (χ3v) is 113. The van der Waals surface area contributed by atoms with Gasteiger partial charge < -0.3 is 0 Å². The molecule has 23 heavy (non-hydrogen) atoms. The topological polar surface area (TPSA) is 0 Å². The summed E-state index contributed by atoms with van der Waals surface area (Å²) >= 11 is 0. The second-order valence-electron chi connectivity index (χ2n) is 19.2.